The van der Waals surface area contributed by atoms with Crippen LogP contribution in [0.3, 0.4) is 0 Å². The molecule has 0 saturated heterocycles. The maximum Gasteiger partial charge on any atom is 0.431 e. The molecule has 1 atom stereocenters. The van der Waals surface area contributed by atoms with E-state index in [1.54, 1.807) is 11.3 Å². The third kappa shape index (κ3) is 6.45. The van der Waals surface area contributed by atoms with E-state index in [9.17, 15) is 18.3 Å². The normalized spacial score (nSPS) is 20.7. The van der Waals surface area contributed by atoms with E-state index in [0.29, 0.717) is 50.9 Å². The van der Waals surface area contributed by atoms with Gasteiger partial charge in [0.1, 0.15) is 11.9 Å². The third-order valence-electron chi connectivity index (χ3n) is 4.10. The molecule has 1 aromatic heterocycles. The van der Waals surface area contributed by atoms with Crippen molar-refractivity contribution in [3.63, 3.8) is 0 Å². The molecule has 8 heteroatoms. The standard InChI is InChI=1S/C17H24F3N3OS/c18-17(19,20)16(21)13-6-1-2-7-14(13)22-9-3-8-15(24)23-11-12-5-4-10-25-12/h4-5,10,15,23-24H,1-3,6-9,11,21H2. The Bertz CT molecular complexity index is 597. The Morgan fingerprint density at radius 1 is 1.36 bits per heavy atom. The molecule has 0 bridgehead atoms. The van der Waals surface area contributed by atoms with Gasteiger partial charge in [-0.25, -0.2) is 0 Å². The van der Waals surface area contributed by atoms with Crippen LogP contribution in [0.1, 0.15) is 43.4 Å². The monoisotopic (exact) mass is 375 g/mol. The van der Waals surface area contributed by atoms with Crippen LogP contribution >= 0.6 is 11.3 Å². The summed E-state index contributed by atoms with van der Waals surface area (Å²) in [5.41, 5.74) is 4.89. The highest BCUT2D eigenvalue weighted by molar-refractivity contribution is 7.09. The molecular formula is C17H24F3N3OS. The van der Waals surface area contributed by atoms with Gasteiger partial charge in [0.25, 0.3) is 0 Å². The lowest BCUT2D eigenvalue weighted by atomic mass is 9.91. The van der Waals surface area contributed by atoms with E-state index in [0.717, 1.165) is 11.3 Å². The summed E-state index contributed by atoms with van der Waals surface area (Å²) in [6, 6.07) is 3.93. The number of halogens is 3. The van der Waals surface area contributed by atoms with Crippen molar-refractivity contribution >= 4 is 17.0 Å². The number of nitrogens with two attached hydrogens (primary N) is 1. The van der Waals surface area contributed by atoms with Gasteiger partial charge in [0, 0.05) is 29.3 Å². The molecule has 1 aliphatic rings. The van der Waals surface area contributed by atoms with E-state index < -0.39 is 18.1 Å². The first-order chi connectivity index (χ1) is 11.9. The third-order valence-corrected chi connectivity index (χ3v) is 4.98. The van der Waals surface area contributed by atoms with Crippen LogP contribution < -0.4 is 11.1 Å². The highest BCUT2D eigenvalue weighted by Crippen LogP contribution is 2.30. The number of thiophene rings is 1. The molecule has 140 valence electrons. The van der Waals surface area contributed by atoms with E-state index in [1.807, 2.05) is 17.5 Å². The predicted molar refractivity (Wildman–Crippen MR) is 94.4 cm³/mol. The lowest BCUT2D eigenvalue weighted by molar-refractivity contribution is -0.0933. The highest BCUT2D eigenvalue weighted by Gasteiger charge is 2.35. The molecule has 1 unspecified atom stereocenters. The van der Waals surface area contributed by atoms with Gasteiger partial charge >= 0.3 is 6.18 Å². The SMILES string of the molecule is NC(=C1CCCCC1=NCCCC(O)NCc1cccs1)C(F)(F)F. The Hall–Kier alpha value is -1.38. The Balaban J connectivity index is 1.81. The number of aliphatic hydroxyl groups is 1. The lowest BCUT2D eigenvalue weighted by Crippen LogP contribution is -2.28. The average molecular weight is 375 g/mol. The minimum atomic E-state index is -4.50. The number of alkyl halides is 3. The largest absolute Gasteiger partial charge is 0.431 e. The molecule has 1 heterocycles. The Labute approximate surface area is 149 Å². The Morgan fingerprint density at radius 2 is 2.12 bits per heavy atom. The van der Waals surface area contributed by atoms with E-state index in [2.05, 4.69) is 10.3 Å². The van der Waals surface area contributed by atoms with Crippen LogP contribution in [0, 0.1) is 0 Å². The molecular weight excluding hydrogens is 351 g/mol. The van der Waals surface area contributed by atoms with Crippen LogP contribution in [-0.2, 0) is 6.54 Å². The molecule has 1 aromatic rings. The molecule has 0 aromatic carbocycles. The second-order valence-corrected chi connectivity index (χ2v) is 7.08. The summed E-state index contributed by atoms with van der Waals surface area (Å²) in [6.07, 6.45) is -1.66. The van der Waals surface area contributed by atoms with Gasteiger partial charge in [0.15, 0.2) is 0 Å². The van der Waals surface area contributed by atoms with Crippen molar-refractivity contribution in [3.8, 4) is 0 Å². The van der Waals surface area contributed by atoms with Crippen LogP contribution in [0.2, 0.25) is 0 Å². The van der Waals surface area contributed by atoms with Gasteiger partial charge in [-0.15, -0.1) is 11.3 Å². The molecule has 2 rings (SSSR count). The fourth-order valence-electron chi connectivity index (χ4n) is 2.76. The maximum atomic E-state index is 12.8. The maximum absolute atomic E-state index is 12.8. The molecule has 0 spiro atoms. The van der Waals surface area contributed by atoms with Crippen molar-refractivity contribution in [2.24, 2.45) is 10.7 Å². The van der Waals surface area contributed by atoms with Crippen LogP contribution in [0.25, 0.3) is 0 Å². The van der Waals surface area contributed by atoms with Gasteiger partial charge in [0.05, 0.1) is 0 Å². The highest BCUT2D eigenvalue weighted by atomic mass is 32.1. The van der Waals surface area contributed by atoms with Crippen molar-refractivity contribution in [1.29, 1.82) is 0 Å². The van der Waals surface area contributed by atoms with Gasteiger partial charge in [-0.3, -0.25) is 10.3 Å². The van der Waals surface area contributed by atoms with Gasteiger partial charge in [0.2, 0.25) is 0 Å². The molecule has 0 aliphatic heterocycles. The second kappa shape index (κ2) is 9.35. The van der Waals surface area contributed by atoms with Crippen LogP contribution in [0.5, 0.6) is 0 Å². The minimum Gasteiger partial charge on any atom is -0.394 e. The topological polar surface area (TPSA) is 70.6 Å². The van der Waals surface area contributed by atoms with E-state index in [-0.39, 0.29) is 5.57 Å². The number of nitrogens with one attached hydrogen (secondary N) is 1. The van der Waals surface area contributed by atoms with Gasteiger partial charge in [-0.1, -0.05) is 6.07 Å². The summed E-state index contributed by atoms with van der Waals surface area (Å²) < 4.78 is 38.5. The molecule has 25 heavy (non-hydrogen) atoms. The lowest BCUT2D eigenvalue weighted by Gasteiger charge is -2.21. The number of hydrogen-bond acceptors (Lipinski definition) is 5. The average Bonchev–Trinajstić information content (AvgIpc) is 3.09. The predicted octanol–water partition coefficient (Wildman–Crippen LogP) is 3.73. The van der Waals surface area contributed by atoms with Crippen molar-refractivity contribution in [2.75, 3.05) is 6.54 Å². The van der Waals surface area contributed by atoms with Crippen LogP contribution in [0.4, 0.5) is 13.2 Å². The summed E-state index contributed by atoms with van der Waals surface area (Å²) in [4.78, 5) is 5.46. The van der Waals surface area contributed by atoms with Crippen molar-refractivity contribution < 1.29 is 18.3 Å². The van der Waals surface area contributed by atoms with E-state index >= 15 is 0 Å². The molecule has 0 amide bonds. The first-order valence-electron chi connectivity index (χ1n) is 8.41. The smallest absolute Gasteiger partial charge is 0.394 e. The number of aliphatic hydroxyl groups excluding tert-OH is 1. The first-order valence-corrected chi connectivity index (χ1v) is 9.29. The van der Waals surface area contributed by atoms with Gasteiger partial charge < -0.3 is 10.8 Å². The number of hydrogen-bond donors (Lipinski definition) is 3. The Kier molecular flexibility index (Phi) is 7.46. The van der Waals surface area contributed by atoms with Crippen LogP contribution in [-0.4, -0.2) is 29.8 Å². The number of aliphatic imine (C=N–C) groups is 1. The molecule has 4 nitrogen and oxygen atoms in total. The molecule has 4 N–H and O–H groups in total. The quantitative estimate of drug-likeness (QED) is 0.502. The van der Waals surface area contributed by atoms with Crippen LogP contribution in [0.15, 0.2) is 33.8 Å². The van der Waals surface area contributed by atoms with Crippen molar-refractivity contribution in [3.05, 3.63) is 33.7 Å². The fourth-order valence-corrected chi connectivity index (χ4v) is 3.41. The van der Waals surface area contributed by atoms with Crippen molar-refractivity contribution in [2.45, 2.75) is 57.5 Å². The first kappa shape index (κ1) is 19.9. The fraction of sp³-hybridized carbons (Fsp3) is 0.588. The zero-order valence-electron chi connectivity index (χ0n) is 14.0. The number of rotatable bonds is 7. The summed E-state index contributed by atoms with van der Waals surface area (Å²) in [6.45, 7) is 0.990. The molecule has 1 saturated carbocycles. The summed E-state index contributed by atoms with van der Waals surface area (Å²) in [5.74, 6) is 0. The second-order valence-electron chi connectivity index (χ2n) is 6.04. The number of allylic oxidation sites excluding steroid dienone is 2. The van der Waals surface area contributed by atoms with Gasteiger partial charge in [-0.05, 0) is 50.0 Å². The minimum absolute atomic E-state index is 0.148. The number of nitrogens with zero attached hydrogens (tertiary/aromatic N) is 1. The van der Waals surface area contributed by atoms with E-state index in [4.69, 9.17) is 5.73 Å². The molecule has 1 aliphatic carbocycles. The van der Waals surface area contributed by atoms with E-state index in [1.165, 1.54) is 0 Å². The zero-order chi connectivity index (χ0) is 18.3. The van der Waals surface area contributed by atoms with Crippen molar-refractivity contribution in [1.82, 2.24) is 5.32 Å². The van der Waals surface area contributed by atoms with Gasteiger partial charge in [-0.2, -0.15) is 13.2 Å². The molecule has 0 radical (unpaired) electrons. The summed E-state index contributed by atoms with van der Waals surface area (Å²) in [5, 5.41) is 14.9. The summed E-state index contributed by atoms with van der Waals surface area (Å²) in [7, 11) is 0. The Morgan fingerprint density at radius 3 is 2.80 bits per heavy atom. The zero-order valence-corrected chi connectivity index (χ0v) is 14.8. The molecule has 1 fully saturated rings. The summed E-state index contributed by atoms with van der Waals surface area (Å²) >= 11 is 1.61.